The average molecular weight is 529 g/mol. The summed E-state index contributed by atoms with van der Waals surface area (Å²) in [6, 6.07) is 18.4. The van der Waals surface area contributed by atoms with E-state index in [0.29, 0.717) is 11.8 Å². The molecule has 3 aromatic rings. The van der Waals surface area contributed by atoms with Gasteiger partial charge in [-0.25, -0.2) is 0 Å². The molecule has 0 N–H and O–H groups in total. The maximum atomic E-state index is 4.19. The Morgan fingerprint density at radius 3 is 2.17 bits per heavy atom. The molecule has 0 bridgehead atoms. The van der Waals surface area contributed by atoms with Crippen molar-refractivity contribution in [1.29, 1.82) is 0 Å². The van der Waals surface area contributed by atoms with Crippen molar-refractivity contribution in [3.63, 3.8) is 0 Å². The minimum Gasteiger partial charge on any atom is -0.0984 e. The first-order chi connectivity index (χ1) is 19.0. The van der Waals surface area contributed by atoms with Crippen molar-refractivity contribution in [1.82, 2.24) is 0 Å². The molecule has 0 amide bonds. The van der Waals surface area contributed by atoms with Gasteiger partial charge < -0.3 is 0 Å². The molecule has 0 fully saturated rings. The zero-order chi connectivity index (χ0) is 29.4. The van der Waals surface area contributed by atoms with E-state index in [9.17, 15) is 0 Å². The summed E-state index contributed by atoms with van der Waals surface area (Å²) in [5, 5.41) is 0. The summed E-state index contributed by atoms with van der Waals surface area (Å²) < 4.78 is 0. The van der Waals surface area contributed by atoms with Gasteiger partial charge >= 0.3 is 0 Å². The Hall–Kier alpha value is -3.38. The first kappa shape index (κ1) is 29.6. The zero-order valence-electron chi connectivity index (χ0n) is 26.3. The van der Waals surface area contributed by atoms with Gasteiger partial charge in [0.1, 0.15) is 0 Å². The molecule has 0 saturated heterocycles. The van der Waals surface area contributed by atoms with E-state index >= 15 is 0 Å². The van der Waals surface area contributed by atoms with Gasteiger partial charge in [-0.05, 0) is 118 Å². The summed E-state index contributed by atoms with van der Waals surface area (Å²) >= 11 is 0. The lowest BCUT2D eigenvalue weighted by Gasteiger charge is -2.28. The molecular weight excluding hydrogens is 480 g/mol. The Morgan fingerprint density at radius 1 is 0.900 bits per heavy atom. The normalized spacial score (nSPS) is 16.1. The molecule has 1 aliphatic rings. The van der Waals surface area contributed by atoms with Crippen LogP contribution in [-0.4, -0.2) is 0 Å². The highest BCUT2D eigenvalue weighted by Crippen LogP contribution is 2.52. The number of hydrogen-bond acceptors (Lipinski definition) is 0. The van der Waals surface area contributed by atoms with Crippen molar-refractivity contribution in [2.45, 2.75) is 86.5 Å². The molecule has 0 heteroatoms. The van der Waals surface area contributed by atoms with E-state index in [0.717, 1.165) is 12.8 Å². The topological polar surface area (TPSA) is 0 Å². The third-order valence-corrected chi connectivity index (χ3v) is 9.61. The van der Waals surface area contributed by atoms with Gasteiger partial charge in [-0.15, -0.1) is 0 Å². The average Bonchev–Trinajstić information content (AvgIpc) is 3.17. The number of hydrogen-bond donors (Lipinski definition) is 0. The molecule has 0 nitrogen and oxygen atoms in total. The minimum atomic E-state index is -0.0655. The Balaban J connectivity index is 1.79. The van der Waals surface area contributed by atoms with Crippen molar-refractivity contribution in [3.8, 4) is 11.1 Å². The van der Waals surface area contributed by atoms with Crippen molar-refractivity contribution >= 4 is 17.7 Å². The lowest BCUT2D eigenvalue weighted by molar-refractivity contribution is 0.558. The fraction of sp³-hybridized carbons (Fsp3) is 0.350. The Kier molecular flexibility index (Phi) is 8.60. The third-order valence-electron chi connectivity index (χ3n) is 9.61. The van der Waals surface area contributed by atoms with E-state index in [1.807, 2.05) is 12.2 Å². The Morgan fingerprint density at radius 2 is 1.57 bits per heavy atom. The molecule has 0 heterocycles. The van der Waals surface area contributed by atoms with Crippen LogP contribution in [0.1, 0.15) is 112 Å². The molecule has 3 aromatic carbocycles. The number of allylic oxidation sites excluding steroid dienone is 4. The van der Waals surface area contributed by atoms with Crippen LogP contribution in [0.3, 0.4) is 0 Å². The zero-order valence-corrected chi connectivity index (χ0v) is 26.3. The smallest absolute Gasteiger partial charge is 0.0159 e. The summed E-state index contributed by atoms with van der Waals surface area (Å²) in [6.07, 6.45) is 8.61. The van der Waals surface area contributed by atoms with Crippen LogP contribution in [0.25, 0.3) is 28.9 Å². The van der Waals surface area contributed by atoms with Gasteiger partial charge in [0, 0.05) is 5.41 Å². The van der Waals surface area contributed by atoms with Crippen LogP contribution in [0.4, 0.5) is 0 Å². The van der Waals surface area contributed by atoms with Crippen LogP contribution in [-0.2, 0) is 5.41 Å². The Labute approximate surface area is 244 Å². The highest BCUT2D eigenvalue weighted by atomic mass is 14.4. The number of fused-ring (bicyclic) bond motifs is 3. The molecule has 40 heavy (non-hydrogen) atoms. The van der Waals surface area contributed by atoms with Crippen molar-refractivity contribution in [2.24, 2.45) is 5.92 Å². The summed E-state index contributed by atoms with van der Waals surface area (Å²) in [4.78, 5) is 0. The third kappa shape index (κ3) is 4.87. The first-order valence-electron chi connectivity index (χ1n) is 15.0. The van der Waals surface area contributed by atoms with E-state index in [1.165, 1.54) is 72.4 Å². The molecule has 0 saturated carbocycles. The fourth-order valence-corrected chi connectivity index (χ4v) is 7.07. The van der Waals surface area contributed by atoms with Crippen LogP contribution in [0, 0.1) is 19.8 Å². The van der Waals surface area contributed by atoms with Crippen LogP contribution in [0.15, 0.2) is 78.9 Å². The maximum absolute atomic E-state index is 4.19. The quantitative estimate of drug-likeness (QED) is 0.242. The van der Waals surface area contributed by atoms with E-state index in [2.05, 4.69) is 130 Å². The number of aryl methyl sites for hydroxylation is 2. The van der Waals surface area contributed by atoms with Gasteiger partial charge in [-0.2, -0.15) is 0 Å². The monoisotopic (exact) mass is 528 g/mol. The fourth-order valence-electron chi connectivity index (χ4n) is 7.07. The minimum absolute atomic E-state index is 0.0655. The molecule has 0 spiro atoms. The standard InChI is InChI=1S/C40H48/c1-12-18-35(29(9)34-20-17-16-19-25(34)5)32(14-3)28(8)27(7)30-21-22-36-37(24-30)40(10,11)38-23-26(6)31(13-2)33(15-4)39(36)38/h13-17,19-24,27-28H,2,4,12,18H2,1,3,5-11H3/b32-14-,35-29+. The van der Waals surface area contributed by atoms with E-state index < -0.39 is 0 Å². The summed E-state index contributed by atoms with van der Waals surface area (Å²) in [6.45, 7) is 29.1. The highest BCUT2D eigenvalue weighted by molar-refractivity contribution is 5.91. The molecule has 2 unspecified atom stereocenters. The Bertz CT molecular complexity index is 1520. The highest BCUT2D eigenvalue weighted by Gasteiger charge is 2.38. The predicted molar refractivity (Wildman–Crippen MR) is 179 cm³/mol. The van der Waals surface area contributed by atoms with Crippen LogP contribution in [0.5, 0.6) is 0 Å². The predicted octanol–water partition coefficient (Wildman–Crippen LogP) is 11.9. The molecule has 0 aromatic heterocycles. The van der Waals surface area contributed by atoms with E-state index in [1.54, 1.807) is 0 Å². The molecule has 0 radical (unpaired) electrons. The molecule has 0 aliphatic heterocycles. The molecule has 1 aliphatic carbocycles. The molecule has 4 rings (SSSR count). The van der Waals surface area contributed by atoms with Crippen LogP contribution < -0.4 is 0 Å². The molecule has 208 valence electrons. The van der Waals surface area contributed by atoms with Gasteiger partial charge in [0.2, 0.25) is 0 Å². The SMILES string of the molecule is C=Cc1c(C)cc2c(c1C=C)-c1ccc(C(C)C(C)C(=C/C)/C(CCC)=C(\C)c3ccccc3C)cc1C2(C)C. The van der Waals surface area contributed by atoms with Gasteiger partial charge in [0.25, 0.3) is 0 Å². The van der Waals surface area contributed by atoms with Crippen molar-refractivity contribution < 1.29 is 0 Å². The summed E-state index contributed by atoms with van der Waals surface area (Å²) in [5.41, 5.74) is 17.6. The van der Waals surface area contributed by atoms with Gasteiger partial charge in [0.15, 0.2) is 0 Å². The second-order valence-corrected chi connectivity index (χ2v) is 12.3. The second kappa shape index (κ2) is 11.6. The van der Waals surface area contributed by atoms with Crippen LogP contribution in [0.2, 0.25) is 0 Å². The van der Waals surface area contributed by atoms with Gasteiger partial charge in [-0.1, -0.05) is 121 Å². The summed E-state index contributed by atoms with van der Waals surface area (Å²) in [7, 11) is 0. The van der Waals surface area contributed by atoms with Crippen LogP contribution >= 0.6 is 0 Å². The second-order valence-electron chi connectivity index (χ2n) is 12.3. The van der Waals surface area contributed by atoms with Gasteiger partial charge in [-0.3, -0.25) is 0 Å². The first-order valence-corrected chi connectivity index (χ1v) is 15.0. The lowest BCUT2D eigenvalue weighted by Crippen LogP contribution is -2.17. The largest absolute Gasteiger partial charge is 0.0984 e. The van der Waals surface area contributed by atoms with E-state index in [4.69, 9.17) is 0 Å². The van der Waals surface area contributed by atoms with E-state index in [-0.39, 0.29) is 5.41 Å². The summed E-state index contributed by atoms with van der Waals surface area (Å²) in [5.74, 6) is 0.783. The molecular formula is C40H48. The lowest BCUT2D eigenvalue weighted by atomic mass is 9.76. The molecule has 2 atom stereocenters. The van der Waals surface area contributed by atoms with Crippen molar-refractivity contribution in [3.05, 3.63) is 123 Å². The number of benzene rings is 3. The van der Waals surface area contributed by atoms with Gasteiger partial charge in [0.05, 0.1) is 0 Å². The maximum Gasteiger partial charge on any atom is 0.0159 e. The number of rotatable bonds is 9. The van der Waals surface area contributed by atoms with Crippen molar-refractivity contribution in [2.75, 3.05) is 0 Å².